The Morgan fingerprint density at radius 2 is 1.78 bits per heavy atom. The van der Waals surface area contributed by atoms with Gasteiger partial charge >= 0.3 is 6.09 Å². The number of alkyl carbamates (subject to hydrolysis) is 1. The number of nitrogens with one attached hydrogen (secondary N) is 3. The molecule has 182 valence electrons. The molecule has 1 amide bonds. The molecule has 32 heavy (non-hydrogen) atoms. The quantitative estimate of drug-likeness (QED) is 0.273. The third-order valence-electron chi connectivity index (χ3n) is 5.37. The van der Waals surface area contributed by atoms with E-state index in [-0.39, 0.29) is 5.56 Å². The minimum absolute atomic E-state index is 0.0424. The number of aryl methyl sites for hydroxylation is 1. The Balaban J connectivity index is 2.64. The van der Waals surface area contributed by atoms with Crippen LogP contribution < -0.4 is 21.5 Å². The Hall–Kier alpha value is -2.51. The van der Waals surface area contributed by atoms with E-state index in [4.69, 9.17) is 9.73 Å². The van der Waals surface area contributed by atoms with Crippen molar-refractivity contribution >= 4 is 12.1 Å². The van der Waals surface area contributed by atoms with Gasteiger partial charge in [0.2, 0.25) is 0 Å². The van der Waals surface area contributed by atoms with E-state index in [9.17, 15) is 9.59 Å². The van der Waals surface area contributed by atoms with Crippen LogP contribution in [0.15, 0.2) is 28.0 Å². The third-order valence-corrected chi connectivity index (χ3v) is 5.37. The van der Waals surface area contributed by atoms with Gasteiger partial charge in [-0.2, -0.15) is 0 Å². The number of ether oxygens (including phenoxy) is 1. The lowest BCUT2D eigenvalue weighted by Gasteiger charge is -2.32. The van der Waals surface area contributed by atoms with Gasteiger partial charge in [0, 0.05) is 31.4 Å². The monoisotopic (exact) mass is 449 g/mol. The van der Waals surface area contributed by atoms with E-state index < -0.39 is 17.2 Å². The summed E-state index contributed by atoms with van der Waals surface area (Å²) in [6.45, 7) is 16.3. The molecular weight excluding hydrogens is 406 g/mol. The van der Waals surface area contributed by atoms with Crippen LogP contribution in [0.3, 0.4) is 0 Å². The normalized spacial score (nSPS) is 12.4. The molecule has 8 nitrogen and oxygen atoms in total. The number of aromatic nitrogens is 1. The number of carbonyl (C=O) groups is 1. The summed E-state index contributed by atoms with van der Waals surface area (Å²) in [6, 6.07) is 5.34. The van der Waals surface area contributed by atoms with Gasteiger partial charge in [-0.15, -0.1) is 0 Å². The fraction of sp³-hybridized carbons (Fsp3) is 0.708. The minimum atomic E-state index is -0.541. The summed E-state index contributed by atoms with van der Waals surface area (Å²) in [5.74, 6) is 0.720. The third kappa shape index (κ3) is 9.75. The van der Waals surface area contributed by atoms with Crippen LogP contribution in [0.2, 0.25) is 0 Å². The van der Waals surface area contributed by atoms with Crippen LogP contribution >= 0.6 is 0 Å². The zero-order chi connectivity index (χ0) is 24.2. The largest absolute Gasteiger partial charge is 0.444 e. The van der Waals surface area contributed by atoms with Crippen molar-refractivity contribution in [2.24, 2.45) is 4.99 Å². The molecular formula is C24H43N5O3. The molecule has 0 saturated heterocycles. The maximum absolute atomic E-state index is 12.3. The number of guanidine groups is 1. The highest BCUT2D eigenvalue weighted by atomic mass is 16.6. The lowest BCUT2D eigenvalue weighted by Crippen LogP contribution is -2.52. The molecule has 0 fully saturated rings. The van der Waals surface area contributed by atoms with Crippen molar-refractivity contribution in [3.8, 4) is 0 Å². The Morgan fingerprint density at radius 3 is 2.34 bits per heavy atom. The van der Waals surface area contributed by atoms with Gasteiger partial charge in [-0.3, -0.25) is 9.79 Å². The molecule has 1 heterocycles. The lowest BCUT2D eigenvalue weighted by molar-refractivity contribution is 0.0452. The second-order valence-corrected chi connectivity index (χ2v) is 9.10. The predicted molar refractivity (Wildman–Crippen MR) is 131 cm³/mol. The molecule has 0 aromatic carbocycles. The van der Waals surface area contributed by atoms with Crippen molar-refractivity contribution in [3.63, 3.8) is 0 Å². The SMILES string of the molecule is CCNC(=NCC(CC)(CC)NC(=O)OC(C)(C)C)NCCCCn1c(C)cccc1=O. The topological polar surface area (TPSA) is 96.8 Å². The highest BCUT2D eigenvalue weighted by molar-refractivity contribution is 5.79. The van der Waals surface area contributed by atoms with Crippen LogP contribution in [0.25, 0.3) is 0 Å². The van der Waals surface area contributed by atoms with Gasteiger partial charge in [-0.25, -0.2) is 4.79 Å². The fourth-order valence-corrected chi connectivity index (χ4v) is 3.29. The van der Waals surface area contributed by atoms with Crippen molar-refractivity contribution in [2.45, 2.75) is 91.8 Å². The maximum Gasteiger partial charge on any atom is 0.408 e. The second kappa shape index (κ2) is 13.1. The van der Waals surface area contributed by atoms with E-state index in [0.717, 1.165) is 50.4 Å². The summed E-state index contributed by atoms with van der Waals surface area (Å²) in [5, 5.41) is 9.65. The van der Waals surface area contributed by atoms with E-state index in [1.54, 1.807) is 16.7 Å². The van der Waals surface area contributed by atoms with Crippen molar-refractivity contribution in [3.05, 3.63) is 34.2 Å². The number of carbonyl (C=O) groups excluding carboxylic acids is 1. The average Bonchev–Trinajstić information content (AvgIpc) is 2.71. The van der Waals surface area contributed by atoms with Gasteiger partial charge in [-0.1, -0.05) is 19.9 Å². The number of amides is 1. The van der Waals surface area contributed by atoms with E-state index >= 15 is 0 Å². The molecule has 0 aliphatic heterocycles. The Bertz CT molecular complexity index is 792. The number of hydrogen-bond acceptors (Lipinski definition) is 4. The summed E-state index contributed by atoms with van der Waals surface area (Å²) in [6.07, 6.45) is 2.88. The summed E-state index contributed by atoms with van der Waals surface area (Å²) >= 11 is 0. The number of pyridine rings is 1. The highest BCUT2D eigenvalue weighted by Crippen LogP contribution is 2.17. The molecule has 0 aliphatic rings. The van der Waals surface area contributed by atoms with E-state index in [2.05, 4.69) is 16.0 Å². The van der Waals surface area contributed by atoms with Gasteiger partial charge in [0.15, 0.2) is 5.96 Å². The van der Waals surface area contributed by atoms with Crippen molar-refractivity contribution in [2.75, 3.05) is 19.6 Å². The van der Waals surface area contributed by atoms with Crippen LogP contribution in [-0.2, 0) is 11.3 Å². The molecule has 0 radical (unpaired) electrons. The molecule has 1 aromatic heterocycles. The first-order valence-electron chi connectivity index (χ1n) is 11.8. The van der Waals surface area contributed by atoms with Crippen LogP contribution in [-0.4, -0.2) is 47.4 Å². The first-order chi connectivity index (χ1) is 15.1. The van der Waals surface area contributed by atoms with Crippen LogP contribution in [0, 0.1) is 6.92 Å². The molecule has 1 rings (SSSR count). The van der Waals surface area contributed by atoms with Gasteiger partial charge in [-0.05, 0) is 66.4 Å². The molecule has 0 bridgehead atoms. The van der Waals surface area contributed by atoms with Gasteiger partial charge in [0.1, 0.15) is 5.60 Å². The summed E-state index contributed by atoms with van der Waals surface area (Å²) in [4.78, 5) is 29.0. The van der Waals surface area contributed by atoms with E-state index in [1.165, 1.54) is 0 Å². The Labute approximate surface area is 193 Å². The fourth-order valence-electron chi connectivity index (χ4n) is 3.29. The van der Waals surface area contributed by atoms with Crippen molar-refractivity contribution in [1.82, 2.24) is 20.5 Å². The van der Waals surface area contributed by atoms with Gasteiger partial charge < -0.3 is 25.3 Å². The number of rotatable bonds is 11. The number of aliphatic imine (C=N–C) groups is 1. The van der Waals surface area contributed by atoms with E-state index in [0.29, 0.717) is 13.1 Å². The molecule has 1 aromatic rings. The molecule has 0 spiro atoms. The summed E-state index contributed by atoms with van der Waals surface area (Å²) < 4.78 is 7.25. The van der Waals surface area contributed by atoms with E-state index in [1.807, 2.05) is 54.5 Å². The zero-order valence-electron chi connectivity index (χ0n) is 21.0. The number of nitrogens with zero attached hydrogens (tertiary/aromatic N) is 2. The zero-order valence-corrected chi connectivity index (χ0v) is 21.0. The summed E-state index contributed by atoms with van der Waals surface area (Å²) in [7, 11) is 0. The maximum atomic E-state index is 12.3. The first-order valence-corrected chi connectivity index (χ1v) is 11.8. The smallest absolute Gasteiger partial charge is 0.408 e. The number of hydrogen-bond donors (Lipinski definition) is 3. The van der Waals surface area contributed by atoms with Crippen LogP contribution in [0.4, 0.5) is 4.79 Å². The molecule has 8 heteroatoms. The molecule has 0 atom stereocenters. The second-order valence-electron chi connectivity index (χ2n) is 9.10. The minimum Gasteiger partial charge on any atom is -0.444 e. The average molecular weight is 450 g/mol. The Kier molecular flexibility index (Phi) is 11.3. The van der Waals surface area contributed by atoms with Gasteiger partial charge in [0.25, 0.3) is 5.56 Å². The first kappa shape index (κ1) is 27.5. The van der Waals surface area contributed by atoms with Gasteiger partial charge in [0.05, 0.1) is 12.1 Å². The Morgan fingerprint density at radius 1 is 1.09 bits per heavy atom. The predicted octanol–water partition coefficient (Wildman–Crippen LogP) is 3.58. The summed E-state index contributed by atoms with van der Waals surface area (Å²) in [5.41, 5.74) is 0.0195. The molecule has 3 N–H and O–H groups in total. The van der Waals surface area contributed by atoms with Crippen molar-refractivity contribution < 1.29 is 9.53 Å². The highest BCUT2D eigenvalue weighted by Gasteiger charge is 2.30. The van der Waals surface area contributed by atoms with Crippen molar-refractivity contribution in [1.29, 1.82) is 0 Å². The standard InChI is InChI=1S/C24H43N5O3/c1-8-24(9-2,28-22(31)32-23(5,6)7)18-27-21(25-10-3)26-16-11-12-17-29-19(4)14-13-15-20(29)30/h13-15H,8-12,16-18H2,1-7H3,(H,28,31)(H2,25,26,27). The van der Waals surface area contributed by atoms with Crippen LogP contribution in [0.1, 0.15) is 72.9 Å². The molecule has 0 unspecified atom stereocenters. The molecule has 0 saturated carbocycles. The lowest BCUT2D eigenvalue weighted by atomic mass is 9.93. The number of unbranched alkanes of at least 4 members (excludes halogenated alkanes) is 1. The molecule has 0 aliphatic carbocycles. The van der Waals surface area contributed by atoms with Crippen LogP contribution in [0.5, 0.6) is 0 Å².